The third-order valence-electron chi connectivity index (χ3n) is 5.42. The highest BCUT2D eigenvalue weighted by Crippen LogP contribution is 2.51. The summed E-state index contributed by atoms with van der Waals surface area (Å²) in [5.41, 5.74) is 1.33. The Morgan fingerprint density at radius 1 is 1.50 bits per heavy atom. The first-order chi connectivity index (χ1) is 10.5. The van der Waals surface area contributed by atoms with Crippen LogP contribution in [0.15, 0.2) is 6.07 Å². The molecule has 1 saturated heterocycles. The highest BCUT2D eigenvalue weighted by molar-refractivity contribution is 5.92. The maximum atomic E-state index is 12.5. The van der Waals surface area contributed by atoms with E-state index in [-0.39, 0.29) is 23.5 Å². The van der Waals surface area contributed by atoms with Crippen LogP contribution in [-0.4, -0.2) is 57.6 Å². The van der Waals surface area contributed by atoms with E-state index in [2.05, 4.69) is 5.10 Å². The zero-order valence-corrected chi connectivity index (χ0v) is 13.6. The topological polar surface area (TPSA) is 67.6 Å². The zero-order chi connectivity index (χ0) is 15.9. The van der Waals surface area contributed by atoms with Gasteiger partial charge in [-0.2, -0.15) is 5.10 Å². The van der Waals surface area contributed by atoms with E-state index >= 15 is 0 Å². The Labute approximate surface area is 131 Å². The summed E-state index contributed by atoms with van der Waals surface area (Å²) >= 11 is 0. The molecular weight excluding hydrogens is 282 g/mol. The van der Waals surface area contributed by atoms with Gasteiger partial charge in [0.25, 0.3) is 5.91 Å². The smallest absolute Gasteiger partial charge is 0.274 e. The van der Waals surface area contributed by atoms with E-state index in [9.17, 15) is 9.90 Å². The fourth-order valence-corrected chi connectivity index (χ4v) is 3.77. The second kappa shape index (κ2) is 5.66. The molecule has 2 fully saturated rings. The number of ether oxygens (including phenoxy) is 1. The summed E-state index contributed by atoms with van der Waals surface area (Å²) in [4.78, 5) is 14.4. The number of hydrogen-bond acceptors (Lipinski definition) is 4. The predicted molar refractivity (Wildman–Crippen MR) is 81.6 cm³/mol. The normalized spacial score (nSPS) is 27.0. The van der Waals surface area contributed by atoms with Crippen molar-refractivity contribution in [3.05, 3.63) is 17.5 Å². The summed E-state index contributed by atoms with van der Waals surface area (Å²) in [5, 5.41) is 14.5. The van der Waals surface area contributed by atoms with Crippen LogP contribution in [0.2, 0.25) is 0 Å². The number of aliphatic hydroxyl groups is 1. The average molecular weight is 307 g/mol. The quantitative estimate of drug-likeness (QED) is 0.909. The predicted octanol–water partition coefficient (Wildman–Crippen LogP) is 1.12. The Kier molecular flexibility index (Phi) is 3.99. The molecule has 122 valence electrons. The SMILES string of the molecule is CCO[C@H]1C[C@@H](O)C12CCN(C(=O)c1cc(C)n(C)n1)CC2. The van der Waals surface area contributed by atoms with Crippen molar-refractivity contribution in [2.24, 2.45) is 12.5 Å². The number of aromatic nitrogens is 2. The number of nitrogens with zero attached hydrogens (tertiary/aromatic N) is 3. The van der Waals surface area contributed by atoms with Crippen LogP contribution in [0, 0.1) is 12.3 Å². The fourth-order valence-electron chi connectivity index (χ4n) is 3.77. The molecule has 3 rings (SSSR count). The van der Waals surface area contributed by atoms with Crippen molar-refractivity contribution in [3.8, 4) is 0 Å². The van der Waals surface area contributed by atoms with Crippen molar-refractivity contribution in [3.63, 3.8) is 0 Å². The minimum atomic E-state index is -0.293. The summed E-state index contributed by atoms with van der Waals surface area (Å²) in [6.07, 6.45) is 2.17. The molecule has 1 saturated carbocycles. The van der Waals surface area contributed by atoms with Crippen LogP contribution in [-0.2, 0) is 11.8 Å². The highest BCUT2D eigenvalue weighted by Gasteiger charge is 2.56. The highest BCUT2D eigenvalue weighted by atomic mass is 16.5. The molecule has 6 heteroatoms. The molecule has 0 aromatic carbocycles. The third kappa shape index (κ3) is 2.34. The van der Waals surface area contributed by atoms with Crippen LogP contribution in [0.3, 0.4) is 0 Å². The van der Waals surface area contributed by atoms with Gasteiger partial charge in [-0.15, -0.1) is 0 Å². The van der Waals surface area contributed by atoms with Gasteiger partial charge >= 0.3 is 0 Å². The van der Waals surface area contributed by atoms with Gasteiger partial charge in [-0.25, -0.2) is 0 Å². The first kappa shape index (κ1) is 15.5. The molecule has 0 bridgehead atoms. The van der Waals surface area contributed by atoms with Crippen molar-refractivity contribution < 1.29 is 14.6 Å². The molecule has 1 aromatic rings. The molecule has 1 aliphatic carbocycles. The minimum absolute atomic E-state index is 0.0136. The molecule has 6 nitrogen and oxygen atoms in total. The Morgan fingerprint density at radius 3 is 2.68 bits per heavy atom. The lowest BCUT2D eigenvalue weighted by Gasteiger charge is -2.56. The number of carbonyl (C=O) groups excluding carboxylic acids is 1. The maximum absolute atomic E-state index is 12.5. The van der Waals surface area contributed by atoms with Crippen molar-refractivity contribution in [1.82, 2.24) is 14.7 Å². The lowest BCUT2D eigenvalue weighted by molar-refractivity contribution is -0.207. The van der Waals surface area contributed by atoms with Crippen molar-refractivity contribution in [2.45, 2.75) is 45.3 Å². The van der Waals surface area contributed by atoms with E-state index in [1.807, 2.05) is 31.9 Å². The molecule has 1 spiro atoms. The third-order valence-corrected chi connectivity index (χ3v) is 5.42. The maximum Gasteiger partial charge on any atom is 0.274 e. The van der Waals surface area contributed by atoms with E-state index < -0.39 is 0 Å². The molecule has 1 aliphatic heterocycles. The van der Waals surface area contributed by atoms with Gasteiger partial charge < -0.3 is 14.7 Å². The number of likely N-dealkylation sites (tertiary alicyclic amines) is 1. The summed E-state index contributed by atoms with van der Waals surface area (Å²) in [5.74, 6) is -0.0136. The molecule has 22 heavy (non-hydrogen) atoms. The second-order valence-electron chi connectivity index (χ2n) is 6.52. The number of aliphatic hydroxyl groups excluding tert-OH is 1. The van der Waals surface area contributed by atoms with Gasteiger partial charge in [0.2, 0.25) is 0 Å². The standard InChI is InChI=1S/C16H25N3O3/c1-4-22-14-10-13(20)16(14)5-7-19(8-6-16)15(21)12-9-11(2)18(3)17-12/h9,13-14,20H,4-8,10H2,1-3H3/t13-,14+/m1/s1. The van der Waals surface area contributed by atoms with Crippen LogP contribution in [0.1, 0.15) is 42.4 Å². The Balaban J connectivity index is 1.65. The monoisotopic (exact) mass is 307 g/mol. The van der Waals surface area contributed by atoms with Crippen LogP contribution in [0.4, 0.5) is 0 Å². The number of amides is 1. The number of hydrogen-bond donors (Lipinski definition) is 1. The molecule has 2 heterocycles. The Bertz CT molecular complexity index is 539. The largest absolute Gasteiger partial charge is 0.392 e. The van der Waals surface area contributed by atoms with Gasteiger partial charge in [-0.3, -0.25) is 9.48 Å². The second-order valence-corrected chi connectivity index (χ2v) is 6.52. The van der Waals surface area contributed by atoms with Gasteiger partial charge in [-0.05, 0) is 32.8 Å². The molecule has 1 N–H and O–H groups in total. The van der Waals surface area contributed by atoms with E-state index in [0.29, 0.717) is 25.4 Å². The van der Waals surface area contributed by atoms with Gasteiger partial charge in [0, 0.05) is 44.3 Å². The number of rotatable bonds is 3. The van der Waals surface area contributed by atoms with E-state index in [4.69, 9.17) is 4.74 Å². The van der Waals surface area contributed by atoms with E-state index in [1.54, 1.807) is 4.68 Å². The van der Waals surface area contributed by atoms with Crippen LogP contribution in [0.25, 0.3) is 0 Å². The van der Waals surface area contributed by atoms with Crippen LogP contribution in [0.5, 0.6) is 0 Å². The minimum Gasteiger partial charge on any atom is -0.392 e. The fraction of sp³-hybridized carbons (Fsp3) is 0.750. The van der Waals surface area contributed by atoms with Gasteiger partial charge in [-0.1, -0.05) is 0 Å². The zero-order valence-electron chi connectivity index (χ0n) is 13.6. The molecule has 0 unspecified atom stereocenters. The molecular formula is C16H25N3O3. The van der Waals surface area contributed by atoms with Gasteiger partial charge in [0.15, 0.2) is 5.69 Å². The molecule has 1 amide bonds. The van der Waals surface area contributed by atoms with E-state index in [0.717, 1.165) is 25.0 Å². The van der Waals surface area contributed by atoms with Gasteiger partial charge in [0.05, 0.1) is 12.2 Å². The molecule has 0 radical (unpaired) electrons. The van der Waals surface area contributed by atoms with Crippen molar-refractivity contribution >= 4 is 5.91 Å². The summed E-state index contributed by atoms with van der Waals surface area (Å²) in [6.45, 7) is 5.92. The molecule has 2 aliphatic rings. The molecule has 2 atom stereocenters. The number of piperidine rings is 1. The van der Waals surface area contributed by atoms with Crippen molar-refractivity contribution in [1.29, 1.82) is 0 Å². The summed E-state index contributed by atoms with van der Waals surface area (Å²) in [6, 6.07) is 1.83. The lowest BCUT2D eigenvalue weighted by Crippen LogP contribution is -2.62. The summed E-state index contributed by atoms with van der Waals surface area (Å²) in [7, 11) is 1.84. The molecule has 1 aromatic heterocycles. The van der Waals surface area contributed by atoms with E-state index in [1.165, 1.54) is 0 Å². The Morgan fingerprint density at radius 2 is 2.18 bits per heavy atom. The summed E-state index contributed by atoms with van der Waals surface area (Å²) < 4.78 is 7.48. The number of aryl methyl sites for hydroxylation is 2. The van der Waals surface area contributed by atoms with Crippen LogP contribution >= 0.6 is 0 Å². The first-order valence-electron chi connectivity index (χ1n) is 8.07. The average Bonchev–Trinajstić information content (AvgIpc) is 2.86. The first-order valence-corrected chi connectivity index (χ1v) is 8.07. The number of carbonyl (C=O) groups is 1. The van der Waals surface area contributed by atoms with Gasteiger partial charge in [0.1, 0.15) is 0 Å². The van der Waals surface area contributed by atoms with Crippen LogP contribution < -0.4 is 0 Å². The van der Waals surface area contributed by atoms with Crippen molar-refractivity contribution in [2.75, 3.05) is 19.7 Å². The lowest BCUT2D eigenvalue weighted by atomic mass is 9.58. The Hall–Kier alpha value is -1.40.